The van der Waals surface area contributed by atoms with E-state index in [4.69, 9.17) is 5.26 Å². The zero-order valence-electron chi connectivity index (χ0n) is 9.01. The predicted octanol–water partition coefficient (Wildman–Crippen LogP) is 2.58. The molecule has 0 aliphatic rings. The molecule has 0 unspecified atom stereocenters. The molecule has 1 heterocycles. The third-order valence-corrected chi connectivity index (χ3v) is 2.44. The number of nitriles is 1. The second kappa shape index (κ2) is 4.54. The summed E-state index contributed by atoms with van der Waals surface area (Å²) in [6.07, 6.45) is 4.14. The van der Waals surface area contributed by atoms with E-state index in [9.17, 15) is 0 Å². The first-order valence-electron chi connectivity index (χ1n) is 5.15. The first-order valence-corrected chi connectivity index (χ1v) is 5.15. The highest BCUT2D eigenvalue weighted by Gasteiger charge is 2.06. The van der Waals surface area contributed by atoms with E-state index in [0.717, 1.165) is 12.0 Å². The van der Waals surface area contributed by atoms with Gasteiger partial charge in [0, 0.05) is 18.0 Å². The van der Waals surface area contributed by atoms with Gasteiger partial charge >= 0.3 is 0 Å². The quantitative estimate of drug-likeness (QED) is 0.763. The van der Waals surface area contributed by atoms with Gasteiger partial charge in [0.25, 0.3) is 0 Å². The summed E-state index contributed by atoms with van der Waals surface area (Å²) < 4.78 is 0. The van der Waals surface area contributed by atoms with Crippen LogP contribution in [-0.2, 0) is 6.42 Å². The van der Waals surface area contributed by atoms with Crippen molar-refractivity contribution in [2.24, 2.45) is 0 Å². The van der Waals surface area contributed by atoms with E-state index in [0.29, 0.717) is 11.4 Å². The summed E-state index contributed by atoms with van der Waals surface area (Å²) in [5.41, 5.74) is 3.22. The molecule has 3 nitrogen and oxygen atoms in total. The molecule has 0 fully saturated rings. The summed E-state index contributed by atoms with van der Waals surface area (Å²) >= 11 is 0. The lowest BCUT2D eigenvalue weighted by Crippen LogP contribution is -1.92. The van der Waals surface area contributed by atoms with Gasteiger partial charge in [-0.1, -0.05) is 31.2 Å². The number of rotatable bonds is 2. The van der Waals surface area contributed by atoms with Crippen LogP contribution < -0.4 is 0 Å². The van der Waals surface area contributed by atoms with Crippen molar-refractivity contribution in [3.8, 4) is 17.3 Å². The Hall–Kier alpha value is -2.21. The average molecular weight is 209 g/mol. The lowest BCUT2D eigenvalue weighted by Gasteiger charge is -2.02. The van der Waals surface area contributed by atoms with Crippen LogP contribution in [0, 0.1) is 11.3 Å². The van der Waals surface area contributed by atoms with Gasteiger partial charge < -0.3 is 0 Å². The van der Waals surface area contributed by atoms with Gasteiger partial charge in [-0.25, -0.2) is 4.98 Å². The Labute approximate surface area is 94.4 Å². The second-order valence-electron chi connectivity index (χ2n) is 3.42. The van der Waals surface area contributed by atoms with E-state index in [1.807, 2.05) is 30.3 Å². The van der Waals surface area contributed by atoms with Gasteiger partial charge in [-0.15, -0.1) is 0 Å². The van der Waals surface area contributed by atoms with Crippen LogP contribution in [0.25, 0.3) is 11.3 Å². The Kier molecular flexibility index (Phi) is 2.93. The Morgan fingerprint density at radius 2 is 1.81 bits per heavy atom. The molecule has 0 aliphatic carbocycles. The third kappa shape index (κ3) is 1.91. The van der Waals surface area contributed by atoms with Crippen molar-refractivity contribution >= 4 is 0 Å². The minimum Gasteiger partial charge on any atom is -0.252 e. The molecule has 0 aliphatic heterocycles. The predicted molar refractivity (Wildman–Crippen MR) is 61.6 cm³/mol. The lowest BCUT2D eigenvalue weighted by molar-refractivity contribution is 1.13. The minimum atomic E-state index is 0.367. The van der Waals surface area contributed by atoms with Crippen molar-refractivity contribution in [3.05, 3.63) is 47.9 Å². The normalized spacial score (nSPS) is 9.75. The number of nitrogens with zero attached hydrogens (tertiary/aromatic N) is 3. The summed E-state index contributed by atoms with van der Waals surface area (Å²) in [6, 6.07) is 10.1. The average Bonchev–Trinajstić information content (AvgIpc) is 2.39. The Morgan fingerprint density at radius 1 is 1.12 bits per heavy atom. The van der Waals surface area contributed by atoms with E-state index in [1.165, 1.54) is 11.8 Å². The number of hydrogen-bond acceptors (Lipinski definition) is 3. The first kappa shape index (κ1) is 10.3. The highest BCUT2D eigenvalue weighted by Crippen LogP contribution is 2.19. The molecule has 1 aromatic carbocycles. The van der Waals surface area contributed by atoms with Crippen molar-refractivity contribution < 1.29 is 0 Å². The topological polar surface area (TPSA) is 49.6 Å². The molecule has 0 saturated carbocycles. The maximum Gasteiger partial charge on any atom is 0.166 e. The zero-order chi connectivity index (χ0) is 11.4. The maximum absolute atomic E-state index is 8.93. The molecule has 0 N–H and O–H groups in total. The van der Waals surface area contributed by atoms with Gasteiger partial charge in [-0.05, 0) is 12.0 Å². The van der Waals surface area contributed by atoms with Crippen LogP contribution >= 0.6 is 0 Å². The molecule has 0 radical (unpaired) electrons. The van der Waals surface area contributed by atoms with Crippen molar-refractivity contribution in [2.45, 2.75) is 13.3 Å². The van der Waals surface area contributed by atoms with Gasteiger partial charge in [-0.3, -0.25) is 4.98 Å². The number of aromatic nitrogens is 2. The van der Waals surface area contributed by atoms with Crippen molar-refractivity contribution in [3.63, 3.8) is 0 Å². The third-order valence-electron chi connectivity index (χ3n) is 2.44. The van der Waals surface area contributed by atoms with Crippen molar-refractivity contribution in [1.29, 1.82) is 5.26 Å². The largest absolute Gasteiger partial charge is 0.252 e. The van der Waals surface area contributed by atoms with Crippen LogP contribution in [0.2, 0.25) is 0 Å². The van der Waals surface area contributed by atoms with E-state index < -0.39 is 0 Å². The highest BCUT2D eigenvalue weighted by atomic mass is 14.8. The summed E-state index contributed by atoms with van der Waals surface area (Å²) in [4.78, 5) is 8.18. The summed E-state index contributed by atoms with van der Waals surface area (Å²) in [5, 5.41) is 8.93. The Bertz CT molecular complexity index is 524. The molecular weight excluding hydrogens is 198 g/mol. The van der Waals surface area contributed by atoms with Crippen LogP contribution in [-0.4, -0.2) is 9.97 Å². The molecule has 0 spiro atoms. The molecule has 16 heavy (non-hydrogen) atoms. The van der Waals surface area contributed by atoms with Crippen LogP contribution in [0.1, 0.15) is 18.2 Å². The van der Waals surface area contributed by atoms with E-state index in [-0.39, 0.29) is 0 Å². The first-order chi connectivity index (χ1) is 7.85. The standard InChI is InChI=1S/C13H11N3/c1-2-10-3-5-11(6-4-10)13-12(9-14)15-7-8-16-13/h3-8H,2H2,1H3. The molecule has 78 valence electrons. The molecule has 3 heteroatoms. The van der Waals surface area contributed by atoms with Gasteiger partial charge in [0.05, 0.1) is 0 Å². The van der Waals surface area contributed by atoms with Gasteiger partial charge in [0.2, 0.25) is 0 Å². The van der Waals surface area contributed by atoms with E-state index in [1.54, 1.807) is 6.20 Å². The van der Waals surface area contributed by atoms with Crippen LogP contribution in [0.15, 0.2) is 36.7 Å². The maximum atomic E-state index is 8.93. The van der Waals surface area contributed by atoms with Gasteiger partial charge in [0.1, 0.15) is 11.8 Å². The highest BCUT2D eigenvalue weighted by molar-refractivity contribution is 5.64. The summed E-state index contributed by atoms with van der Waals surface area (Å²) in [7, 11) is 0. The monoisotopic (exact) mass is 209 g/mol. The smallest absolute Gasteiger partial charge is 0.166 e. The number of benzene rings is 1. The second-order valence-corrected chi connectivity index (χ2v) is 3.42. The van der Waals surface area contributed by atoms with Gasteiger partial charge in [0.15, 0.2) is 5.69 Å². The number of aryl methyl sites for hydroxylation is 1. The molecule has 0 bridgehead atoms. The van der Waals surface area contributed by atoms with Crippen molar-refractivity contribution in [1.82, 2.24) is 9.97 Å². The summed E-state index contributed by atoms with van der Waals surface area (Å²) in [5.74, 6) is 0. The van der Waals surface area contributed by atoms with Gasteiger partial charge in [-0.2, -0.15) is 5.26 Å². The molecule has 0 amide bonds. The Morgan fingerprint density at radius 3 is 2.44 bits per heavy atom. The fourth-order valence-corrected chi connectivity index (χ4v) is 1.53. The molecule has 0 saturated heterocycles. The molecule has 0 atom stereocenters. The zero-order valence-corrected chi connectivity index (χ0v) is 9.01. The fraction of sp³-hybridized carbons (Fsp3) is 0.154. The Balaban J connectivity index is 2.47. The van der Waals surface area contributed by atoms with Crippen LogP contribution in [0.5, 0.6) is 0 Å². The number of hydrogen-bond donors (Lipinski definition) is 0. The fourth-order valence-electron chi connectivity index (χ4n) is 1.53. The minimum absolute atomic E-state index is 0.367. The van der Waals surface area contributed by atoms with Crippen LogP contribution in [0.3, 0.4) is 0 Å². The molecule has 2 rings (SSSR count). The van der Waals surface area contributed by atoms with Crippen LogP contribution in [0.4, 0.5) is 0 Å². The molecular formula is C13H11N3. The van der Waals surface area contributed by atoms with Crippen molar-refractivity contribution in [2.75, 3.05) is 0 Å². The van der Waals surface area contributed by atoms with E-state index >= 15 is 0 Å². The SMILES string of the molecule is CCc1ccc(-c2nccnc2C#N)cc1. The lowest BCUT2D eigenvalue weighted by atomic mass is 10.1. The summed E-state index contributed by atoms with van der Waals surface area (Å²) in [6.45, 7) is 2.11. The molecule has 1 aromatic heterocycles. The molecule has 2 aromatic rings. The van der Waals surface area contributed by atoms with E-state index in [2.05, 4.69) is 16.9 Å².